The minimum atomic E-state index is 0. The maximum absolute atomic E-state index is 7.94. The lowest BCUT2D eigenvalue weighted by Crippen LogP contribution is -1.91. The summed E-state index contributed by atoms with van der Waals surface area (Å²) in [4.78, 5) is 0. The molecule has 0 amide bonds. The van der Waals surface area contributed by atoms with Crippen LogP contribution in [0.2, 0.25) is 0 Å². The zero-order chi connectivity index (χ0) is 8.24. The van der Waals surface area contributed by atoms with Crippen LogP contribution in [0.25, 0.3) is 0 Å². The molecule has 0 saturated heterocycles. The van der Waals surface area contributed by atoms with Crippen LogP contribution in [0.1, 0.15) is 0 Å². The topological polar surface area (TPSA) is 58.9 Å². The van der Waals surface area contributed by atoms with Gasteiger partial charge in [0, 0.05) is 14.2 Å². The van der Waals surface area contributed by atoms with Crippen LogP contribution in [-0.2, 0) is 9.47 Å². The lowest BCUT2D eigenvalue weighted by Gasteiger charge is -1.84. The Morgan fingerprint density at radius 2 is 1.18 bits per heavy atom. The molecule has 0 bridgehead atoms. The molecular formula is C6H18AlO4-. The van der Waals surface area contributed by atoms with Crippen molar-refractivity contribution in [2.75, 3.05) is 40.6 Å². The first-order valence-corrected chi connectivity index (χ1v) is 3.03. The van der Waals surface area contributed by atoms with Gasteiger partial charge in [0.1, 0.15) is 0 Å². The molecule has 0 saturated carbocycles. The molecule has 0 aliphatic heterocycles. The van der Waals surface area contributed by atoms with Crippen LogP contribution in [0.5, 0.6) is 0 Å². The van der Waals surface area contributed by atoms with Crippen LogP contribution in [0.3, 0.4) is 0 Å². The predicted molar refractivity (Wildman–Crippen MR) is 46.5 cm³/mol. The Labute approximate surface area is 78.3 Å². The first-order chi connectivity index (χ1) is 4.83. The molecule has 0 aromatic carbocycles. The van der Waals surface area contributed by atoms with Gasteiger partial charge in [0.15, 0.2) is 0 Å². The van der Waals surface area contributed by atoms with Crippen LogP contribution in [0, 0.1) is 0 Å². The summed E-state index contributed by atoms with van der Waals surface area (Å²) >= 11 is 0. The van der Waals surface area contributed by atoms with Crippen molar-refractivity contribution < 1.29 is 19.7 Å². The smallest absolute Gasteiger partial charge is 0.0693 e. The monoisotopic (exact) mass is 181 g/mol. The normalized spacial score (nSPS) is 7.64. The molecule has 0 aliphatic rings. The molecule has 0 atom stereocenters. The minimum absolute atomic E-state index is 0. The Morgan fingerprint density at radius 1 is 0.909 bits per heavy atom. The van der Waals surface area contributed by atoms with Crippen molar-refractivity contribution in [3.8, 4) is 0 Å². The molecule has 0 fully saturated rings. The number of rotatable bonds is 4. The Kier molecular flexibility index (Phi) is 35.6. The van der Waals surface area contributed by atoms with Crippen LogP contribution in [-0.4, -0.2) is 68.2 Å². The quantitative estimate of drug-likeness (QED) is 0.509. The molecule has 0 aromatic heterocycles. The molecule has 11 heavy (non-hydrogen) atoms. The highest BCUT2D eigenvalue weighted by Gasteiger charge is 1.67. The van der Waals surface area contributed by atoms with Crippen LogP contribution < -0.4 is 0 Å². The van der Waals surface area contributed by atoms with Gasteiger partial charge in [-0.25, -0.2) is 0 Å². The van der Waals surface area contributed by atoms with E-state index in [0.717, 1.165) is 0 Å². The highest BCUT2D eigenvalue weighted by atomic mass is 27.0. The fourth-order valence-electron chi connectivity index (χ4n) is 0.183. The molecule has 0 rings (SSSR count). The second-order valence-electron chi connectivity index (χ2n) is 1.43. The lowest BCUT2D eigenvalue weighted by atomic mass is 10.8. The van der Waals surface area contributed by atoms with E-state index in [0.29, 0.717) is 13.2 Å². The summed E-state index contributed by atoms with van der Waals surface area (Å²) in [5, 5.41) is 15.9. The average Bonchev–Trinajstić information content (AvgIpc) is 1.93. The average molecular weight is 181 g/mol. The van der Waals surface area contributed by atoms with Crippen LogP contribution >= 0.6 is 0 Å². The SMILES string of the molecule is COCCO.COCCO.[AlH2-]. The van der Waals surface area contributed by atoms with E-state index >= 15 is 0 Å². The zero-order valence-corrected chi connectivity index (χ0v) is 9.54. The molecule has 5 heteroatoms. The highest BCUT2D eigenvalue weighted by Crippen LogP contribution is 1.57. The number of aliphatic hydroxyl groups is 2. The lowest BCUT2D eigenvalue weighted by molar-refractivity contribution is 0.135. The van der Waals surface area contributed by atoms with E-state index in [4.69, 9.17) is 10.2 Å². The van der Waals surface area contributed by atoms with E-state index < -0.39 is 0 Å². The molecule has 0 aromatic rings. The number of aliphatic hydroxyl groups excluding tert-OH is 2. The summed E-state index contributed by atoms with van der Waals surface area (Å²) in [6, 6.07) is 0. The first kappa shape index (κ1) is 17.5. The fourth-order valence-corrected chi connectivity index (χ4v) is 0.183. The van der Waals surface area contributed by atoms with E-state index in [1.165, 1.54) is 0 Å². The van der Waals surface area contributed by atoms with E-state index in [1.54, 1.807) is 14.2 Å². The van der Waals surface area contributed by atoms with Gasteiger partial charge in [-0.3, -0.25) is 0 Å². The Hall–Kier alpha value is 0.372. The predicted octanol–water partition coefficient (Wildman–Crippen LogP) is -1.67. The van der Waals surface area contributed by atoms with Crippen molar-refractivity contribution in [2.24, 2.45) is 0 Å². The standard InChI is InChI=1S/2C3H8O2.Al.2H/c2*1-5-3-2-4;;;/h2*4H,2-3H2,1H3;;;/q;;-1;;. The van der Waals surface area contributed by atoms with Gasteiger partial charge in [-0.15, -0.1) is 0 Å². The van der Waals surface area contributed by atoms with Crippen molar-refractivity contribution >= 4 is 17.4 Å². The molecule has 70 valence electrons. The fraction of sp³-hybridized carbons (Fsp3) is 1.00. The van der Waals surface area contributed by atoms with Gasteiger partial charge < -0.3 is 37.0 Å². The molecule has 0 spiro atoms. The molecule has 4 nitrogen and oxygen atoms in total. The molecule has 0 unspecified atom stereocenters. The van der Waals surface area contributed by atoms with E-state index in [-0.39, 0.29) is 30.6 Å². The molecular weight excluding hydrogens is 163 g/mol. The number of methoxy groups -OCH3 is 2. The van der Waals surface area contributed by atoms with Crippen molar-refractivity contribution in [1.82, 2.24) is 0 Å². The summed E-state index contributed by atoms with van der Waals surface area (Å²) in [6.07, 6.45) is 0. The Balaban J connectivity index is -0.000000107. The van der Waals surface area contributed by atoms with Gasteiger partial charge in [0.2, 0.25) is 0 Å². The third-order valence-electron chi connectivity index (χ3n) is 0.591. The van der Waals surface area contributed by atoms with Gasteiger partial charge in [-0.05, 0) is 0 Å². The molecule has 2 radical (unpaired) electrons. The molecule has 0 aliphatic carbocycles. The third kappa shape index (κ3) is 38.0. The van der Waals surface area contributed by atoms with Crippen LogP contribution in [0.15, 0.2) is 0 Å². The van der Waals surface area contributed by atoms with Crippen molar-refractivity contribution in [3.05, 3.63) is 0 Å². The van der Waals surface area contributed by atoms with E-state index in [9.17, 15) is 0 Å². The summed E-state index contributed by atoms with van der Waals surface area (Å²) in [5.74, 6) is 0. The van der Waals surface area contributed by atoms with Gasteiger partial charge in [-0.2, -0.15) is 0 Å². The number of hydrogen-bond acceptors (Lipinski definition) is 4. The second kappa shape index (κ2) is 22.4. The maximum atomic E-state index is 7.94. The third-order valence-corrected chi connectivity index (χ3v) is 0.591. The first-order valence-electron chi connectivity index (χ1n) is 3.03. The van der Waals surface area contributed by atoms with Gasteiger partial charge >= 0.3 is 0 Å². The molecule has 2 N–H and O–H groups in total. The summed E-state index contributed by atoms with van der Waals surface area (Å²) < 4.78 is 8.88. The Morgan fingerprint density at radius 3 is 1.18 bits per heavy atom. The van der Waals surface area contributed by atoms with Crippen molar-refractivity contribution in [3.63, 3.8) is 0 Å². The Bertz CT molecular complexity index is 35.6. The van der Waals surface area contributed by atoms with E-state index in [2.05, 4.69) is 9.47 Å². The zero-order valence-electron chi connectivity index (χ0n) is 7.54. The number of ether oxygens (including phenoxy) is 2. The van der Waals surface area contributed by atoms with Gasteiger partial charge in [0.05, 0.1) is 26.4 Å². The summed E-state index contributed by atoms with van der Waals surface area (Å²) in [6.45, 7) is 1.13. The minimum Gasteiger partial charge on any atom is -0.394 e. The highest BCUT2D eigenvalue weighted by molar-refractivity contribution is 5.75. The van der Waals surface area contributed by atoms with Gasteiger partial charge in [-0.1, -0.05) is 0 Å². The van der Waals surface area contributed by atoms with Crippen molar-refractivity contribution in [1.29, 1.82) is 0 Å². The molecule has 0 heterocycles. The summed E-state index contributed by atoms with van der Waals surface area (Å²) in [7, 11) is 3.10. The van der Waals surface area contributed by atoms with Crippen LogP contribution in [0.4, 0.5) is 0 Å². The number of hydrogen-bond donors (Lipinski definition) is 2. The van der Waals surface area contributed by atoms with Crippen molar-refractivity contribution in [2.45, 2.75) is 0 Å². The second-order valence-corrected chi connectivity index (χ2v) is 1.43. The summed E-state index contributed by atoms with van der Waals surface area (Å²) in [5.41, 5.74) is 0. The van der Waals surface area contributed by atoms with Gasteiger partial charge in [0.25, 0.3) is 0 Å². The maximum Gasteiger partial charge on any atom is 0.0693 e. The van der Waals surface area contributed by atoms with E-state index in [1.807, 2.05) is 0 Å². The largest absolute Gasteiger partial charge is 0.394 e.